The van der Waals surface area contributed by atoms with E-state index in [1.807, 2.05) is 18.4 Å². The van der Waals surface area contributed by atoms with Crippen molar-refractivity contribution in [1.29, 1.82) is 0 Å². The van der Waals surface area contributed by atoms with Crippen molar-refractivity contribution in [3.05, 3.63) is 29.2 Å². The van der Waals surface area contributed by atoms with Crippen molar-refractivity contribution in [2.45, 2.75) is 30.6 Å². The first kappa shape index (κ1) is 16.1. The van der Waals surface area contributed by atoms with Crippen LogP contribution in [0.5, 0.6) is 0 Å². The minimum absolute atomic E-state index is 0.0617. The van der Waals surface area contributed by atoms with Crippen LogP contribution in [0.3, 0.4) is 0 Å². The standard InChI is InChI=1S/C13H17N5O3S2/c1-9-7-17(8-11-16-15-10(2)18(9)11)12(19)6-14-23(20,21)13-4-3-5-22-13/h3-5,9,14H,6-8H2,1-2H3/t9-/m1/s1. The van der Waals surface area contributed by atoms with E-state index in [1.165, 1.54) is 6.07 Å². The summed E-state index contributed by atoms with van der Waals surface area (Å²) < 4.78 is 28.6. The van der Waals surface area contributed by atoms with Gasteiger partial charge in [-0.25, -0.2) is 13.1 Å². The van der Waals surface area contributed by atoms with Crippen molar-refractivity contribution in [2.75, 3.05) is 13.1 Å². The third-order valence-electron chi connectivity index (χ3n) is 3.72. The molecule has 1 atom stereocenters. The molecule has 0 saturated heterocycles. The molecule has 2 aromatic heterocycles. The molecule has 124 valence electrons. The summed E-state index contributed by atoms with van der Waals surface area (Å²) in [5.41, 5.74) is 0. The fourth-order valence-electron chi connectivity index (χ4n) is 2.68. The van der Waals surface area contributed by atoms with Crippen molar-refractivity contribution in [2.24, 2.45) is 0 Å². The highest BCUT2D eigenvalue weighted by atomic mass is 32.2. The Labute approximate surface area is 138 Å². The number of carbonyl (C=O) groups is 1. The lowest BCUT2D eigenvalue weighted by Crippen LogP contribution is -2.45. The normalized spacial score (nSPS) is 18.0. The van der Waals surface area contributed by atoms with E-state index in [4.69, 9.17) is 0 Å². The molecular weight excluding hydrogens is 338 g/mol. The summed E-state index contributed by atoms with van der Waals surface area (Å²) in [6.07, 6.45) is 0. The second-order valence-corrected chi connectivity index (χ2v) is 8.35. The zero-order chi connectivity index (χ0) is 16.6. The topological polar surface area (TPSA) is 97.2 Å². The van der Waals surface area contributed by atoms with Crippen LogP contribution in [-0.4, -0.2) is 47.1 Å². The smallest absolute Gasteiger partial charge is 0.250 e. The maximum atomic E-state index is 12.3. The Morgan fingerprint density at radius 1 is 1.48 bits per heavy atom. The van der Waals surface area contributed by atoms with E-state index in [0.29, 0.717) is 13.1 Å². The molecule has 8 nitrogen and oxygen atoms in total. The SMILES string of the molecule is Cc1nnc2n1[C@H](C)CN(C(=O)CNS(=O)(=O)c1cccs1)C2. The van der Waals surface area contributed by atoms with E-state index >= 15 is 0 Å². The van der Waals surface area contributed by atoms with Gasteiger partial charge in [0.1, 0.15) is 10.0 Å². The van der Waals surface area contributed by atoms with E-state index in [-0.39, 0.29) is 22.7 Å². The molecule has 0 radical (unpaired) electrons. The number of amides is 1. The molecule has 1 N–H and O–H groups in total. The van der Waals surface area contributed by atoms with E-state index in [9.17, 15) is 13.2 Å². The van der Waals surface area contributed by atoms with Gasteiger partial charge >= 0.3 is 0 Å². The summed E-state index contributed by atoms with van der Waals surface area (Å²) >= 11 is 1.11. The van der Waals surface area contributed by atoms with Crippen LogP contribution in [0.4, 0.5) is 0 Å². The maximum Gasteiger partial charge on any atom is 0.250 e. The molecule has 10 heteroatoms. The summed E-state index contributed by atoms with van der Waals surface area (Å²) in [6.45, 7) is 4.44. The maximum absolute atomic E-state index is 12.3. The van der Waals surface area contributed by atoms with Gasteiger partial charge in [0.25, 0.3) is 10.0 Å². The second kappa shape index (κ2) is 6.02. The number of nitrogens with zero attached hydrogens (tertiary/aromatic N) is 4. The predicted molar refractivity (Wildman–Crippen MR) is 84.4 cm³/mol. The number of carbonyl (C=O) groups excluding carboxylic acids is 1. The van der Waals surface area contributed by atoms with E-state index < -0.39 is 10.0 Å². The molecule has 23 heavy (non-hydrogen) atoms. The lowest BCUT2D eigenvalue weighted by Gasteiger charge is -2.32. The van der Waals surface area contributed by atoms with Crippen LogP contribution < -0.4 is 4.72 Å². The first-order chi connectivity index (χ1) is 10.9. The van der Waals surface area contributed by atoms with Gasteiger partial charge in [-0.3, -0.25) is 4.79 Å². The summed E-state index contributed by atoms with van der Waals surface area (Å²) in [4.78, 5) is 13.9. The van der Waals surface area contributed by atoms with Gasteiger partial charge in [-0.2, -0.15) is 0 Å². The highest BCUT2D eigenvalue weighted by molar-refractivity contribution is 7.91. The van der Waals surface area contributed by atoms with E-state index in [2.05, 4.69) is 14.9 Å². The molecule has 1 aliphatic rings. The molecule has 0 aromatic carbocycles. The van der Waals surface area contributed by atoms with Gasteiger partial charge in [0, 0.05) is 6.54 Å². The first-order valence-corrected chi connectivity index (χ1v) is 9.46. The number of nitrogens with one attached hydrogen (secondary N) is 1. The zero-order valence-corrected chi connectivity index (χ0v) is 14.4. The molecule has 1 aliphatic heterocycles. The van der Waals surface area contributed by atoms with Crippen LogP contribution in [0, 0.1) is 6.92 Å². The Bertz CT molecular complexity index is 813. The Morgan fingerprint density at radius 3 is 2.96 bits per heavy atom. The Morgan fingerprint density at radius 2 is 2.26 bits per heavy atom. The van der Waals surface area contributed by atoms with Crippen molar-refractivity contribution in [3.8, 4) is 0 Å². The molecule has 0 bridgehead atoms. The lowest BCUT2D eigenvalue weighted by atomic mass is 10.2. The Balaban J connectivity index is 1.66. The largest absolute Gasteiger partial charge is 0.332 e. The number of fused-ring (bicyclic) bond motifs is 1. The molecule has 0 aliphatic carbocycles. The quantitative estimate of drug-likeness (QED) is 0.863. The van der Waals surface area contributed by atoms with Gasteiger partial charge in [0.05, 0.1) is 19.1 Å². The Kier molecular flexibility index (Phi) is 4.21. The van der Waals surface area contributed by atoms with Crippen molar-refractivity contribution < 1.29 is 13.2 Å². The molecule has 0 unspecified atom stereocenters. The summed E-state index contributed by atoms with van der Waals surface area (Å²) in [7, 11) is -3.63. The van der Waals surface area contributed by atoms with Crippen molar-refractivity contribution >= 4 is 27.3 Å². The van der Waals surface area contributed by atoms with Crippen LogP contribution >= 0.6 is 11.3 Å². The lowest BCUT2D eigenvalue weighted by molar-refractivity contribution is -0.131. The monoisotopic (exact) mass is 355 g/mol. The first-order valence-electron chi connectivity index (χ1n) is 7.10. The summed E-state index contributed by atoms with van der Waals surface area (Å²) in [6, 6.07) is 3.22. The summed E-state index contributed by atoms with van der Waals surface area (Å²) in [5, 5.41) is 9.78. The van der Waals surface area contributed by atoms with E-state index in [0.717, 1.165) is 23.0 Å². The molecule has 0 spiro atoms. The molecule has 3 heterocycles. The molecule has 0 fully saturated rings. The van der Waals surface area contributed by atoms with Gasteiger partial charge in [0.15, 0.2) is 5.82 Å². The number of aromatic nitrogens is 3. The van der Waals surface area contributed by atoms with Crippen LogP contribution in [0.15, 0.2) is 21.7 Å². The molecule has 1 amide bonds. The van der Waals surface area contributed by atoms with Gasteiger partial charge < -0.3 is 9.47 Å². The van der Waals surface area contributed by atoms with Crippen LogP contribution in [0.1, 0.15) is 24.6 Å². The van der Waals surface area contributed by atoms with Gasteiger partial charge in [-0.1, -0.05) is 6.07 Å². The van der Waals surface area contributed by atoms with Crippen molar-refractivity contribution in [3.63, 3.8) is 0 Å². The predicted octanol–water partition coefficient (Wildman–Crippen LogP) is 0.530. The molecule has 0 saturated carbocycles. The summed E-state index contributed by atoms with van der Waals surface area (Å²) in [5.74, 6) is 1.26. The van der Waals surface area contributed by atoms with Gasteiger partial charge in [0.2, 0.25) is 5.91 Å². The van der Waals surface area contributed by atoms with Crippen LogP contribution in [0.25, 0.3) is 0 Å². The zero-order valence-electron chi connectivity index (χ0n) is 12.8. The van der Waals surface area contributed by atoms with Crippen LogP contribution in [-0.2, 0) is 21.4 Å². The second-order valence-electron chi connectivity index (χ2n) is 5.41. The average Bonchev–Trinajstić information content (AvgIpc) is 3.15. The molecular formula is C13H17N5O3S2. The van der Waals surface area contributed by atoms with Crippen molar-refractivity contribution in [1.82, 2.24) is 24.4 Å². The van der Waals surface area contributed by atoms with E-state index in [1.54, 1.807) is 16.3 Å². The highest BCUT2D eigenvalue weighted by Crippen LogP contribution is 2.21. The van der Waals surface area contributed by atoms with Gasteiger partial charge in [-0.05, 0) is 25.3 Å². The fraction of sp³-hybridized carbons (Fsp3) is 0.462. The number of aryl methyl sites for hydroxylation is 1. The number of rotatable bonds is 4. The van der Waals surface area contributed by atoms with Crippen LogP contribution in [0.2, 0.25) is 0 Å². The Hall–Kier alpha value is -1.78. The highest BCUT2D eigenvalue weighted by Gasteiger charge is 2.28. The minimum Gasteiger partial charge on any atom is -0.332 e. The average molecular weight is 355 g/mol. The number of hydrogen-bond donors (Lipinski definition) is 1. The molecule has 3 rings (SSSR count). The number of thiophene rings is 1. The fourth-order valence-corrected chi connectivity index (χ4v) is 4.69. The number of hydrogen-bond acceptors (Lipinski definition) is 6. The third-order valence-corrected chi connectivity index (χ3v) is 6.52. The molecule has 2 aromatic rings. The number of sulfonamides is 1. The third kappa shape index (κ3) is 3.14. The van der Waals surface area contributed by atoms with Gasteiger partial charge in [-0.15, -0.1) is 21.5 Å². The minimum atomic E-state index is -3.63.